The molecule has 0 amide bonds. The molecule has 6 aromatic carbocycles. The van der Waals surface area contributed by atoms with Crippen LogP contribution in [0.2, 0.25) is 0 Å². The average molecular weight is 967 g/mol. The normalized spacial score (nSPS) is 20.3. The monoisotopic (exact) mass is 967 g/mol. The van der Waals surface area contributed by atoms with Gasteiger partial charge in [-0.25, -0.2) is 0 Å². The van der Waals surface area contributed by atoms with Crippen molar-refractivity contribution in [1.82, 2.24) is 0 Å². The van der Waals surface area contributed by atoms with Crippen LogP contribution in [0.15, 0.2) is 97.1 Å². The summed E-state index contributed by atoms with van der Waals surface area (Å²) in [5, 5.41) is 1.37. The van der Waals surface area contributed by atoms with Gasteiger partial charge in [0.2, 0.25) is 0 Å². The number of thiophene rings is 1. The first-order chi connectivity index (χ1) is 33.6. The standard InChI is InChI=1S/C68H79BN2S/c1-40-32-56-59-57(33-40)71(54-38-51-49(65(10,11)28-30-67(51,14)15)36-45(54)44-21-19-18-20-41(44)2)55-39-52-50(66(12,13)29-31-68(52,16)17)37-53(55)69(59)61-60(46-34-42(62(3,4)5)22-25-58(46)72-61)70(56)43-23-24-47-48(35-43)64(8,9)27-26-63(47,6)7/h18-25,32-39H,26-31H2,1-17H3. The molecule has 0 radical (unpaired) electrons. The van der Waals surface area contributed by atoms with Crippen molar-refractivity contribution >= 4 is 78.0 Å². The lowest BCUT2D eigenvalue weighted by Crippen LogP contribution is -2.61. The van der Waals surface area contributed by atoms with E-state index in [1.165, 1.54) is 160 Å². The third kappa shape index (κ3) is 6.99. The Balaban J connectivity index is 1.25. The molecule has 3 aliphatic carbocycles. The summed E-state index contributed by atoms with van der Waals surface area (Å²) in [6, 6.07) is 40.1. The van der Waals surface area contributed by atoms with Gasteiger partial charge in [-0.05, 0) is 211 Å². The first-order valence-electron chi connectivity index (χ1n) is 27.5. The Bertz CT molecular complexity index is 3450. The van der Waals surface area contributed by atoms with Gasteiger partial charge in [-0.2, -0.15) is 0 Å². The van der Waals surface area contributed by atoms with Crippen molar-refractivity contribution in [2.24, 2.45) is 0 Å². The third-order valence-electron chi connectivity index (χ3n) is 19.4. The van der Waals surface area contributed by atoms with Gasteiger partial charge < -0.3 is 9.80 Å². The minimum atomic E-state index is 0.00839. The fraction of sp³-hybridized carbons (Fsp3) is 0.441. The van der Waals surface area contributed by atoms with E-state index in [-0.39, 0.29) is 44.6 Å². The Morgan fingerprint density at radius 1 is 0.472 bits per heavy atom. The van der Waals surface area contributed by atoms with Crippen molar-refractivity contribution in [1.29, 1.82) is 0 Å². The lowest BCUT2D eigenvalue weighted by molar-refractivity contribution is 0.332. The molecule has 5 aliphatic rings. The molecular formula is C68H79BN2S. The predicted molar refractivity (Wildman–Crippen MR) is 315 cm³/mol. The van der Waals surface area contributed by atoms with E-state index in [4.69, 9.17) is 0 Å². The number of fused-ring (bicyclic) bond motifs is 9. The van der Waals surface area contributed by atoms with Crippen LogP contribution in [0.25, 0.3) is 21.2 Å². The van der Waals surface area contributed by atoms with Crippen LogP contribution in [0.3, 0.4) is 0 Å². The Kier molecular flexibility index (Phi) is 10.2. The van der Waals surface area contributed by atoms with Gasteiger partial charge in [0, 0.05) is 43.2 Å². The summed E-state index contributed by atoms with van der Waals surface area (Å²) in [6.45, 7) is 41.7. The lowest BCUT2D eigenvalue weighted by atomic mass is 9.35. The first kappa shape index (κ1) is 47.9. The smallest absolute Gasteiger partial charge is 0.264 e. The molecule has 7 aromatic rings. The number of hydrogen-bond donors (Lipinski definition) is 0. The zero-order valence-corrected chi connectivity index (χ0v) is 47.7. The topological polar surface area (TPSA) is 6.48 Å². The van der Waals surface area contributed by atoms with Gasteiger partial charge in [0.1, 0.15) is 0 Å². The molecule has 0 bridgehead atoms. The van der Waals surface area contributed by atoms with E-state index in [1.807, 2.05) is 11.3 Å². The molecule has 0 saturated heterocycles. The number of benzene rings is 6. The van der Waals surface area contributed by atoms with Crippen LogP contribution in [-0.2, 0) is 37.9 Å². The molecule has 0 saturated carbocycles. The van der Waals surface area contributed by atoms with E-state index in [0.29, 0.717) is 0 Å². The van der Waals surface area contributed by atoms with E-state index in [0.717, 1.165) is 0 Å². The number of anilines is 6. The SMILES string of the molecule is Cc1cc2c3c(c1)N(c1ccc4c(c1)C(C)(C)CCC4(C)C)c1c(sc4ccc(C(C)(C)C)cc14)B3c1cc3c(cc1N2c1cc2c(cc1-c1ccccc1C)C(C)(C)CCC2(C)C)C(C)(C)CCC3(C)C. The van der Waals surface area contributed by atoms with Gasteiger partial charge in [0.05, 0.1) is 11.4 Å². The largest absolute Gasteiger partial charge is 0.311 e. The molecule has 1 aromatic heterocycles. The average Bonchev–Trinajstić information content (AvgIpc) is 3.68. The van der Waals surface area contributed by atoms with Crippen molar-refractivity contribution in [3.8, 4) is 11.1 Å². The molecule has 4 heteroatoms. The highest BCUT2D eigenvalue weighted by Gasteiger charge is 2.49. The Morgan fingerprint density at radius 3 is 1.57 bits per heavy atom. The molecule has 2 aliphatic heterocycles. The summed E-state index contributed by atoms with van der Waals surface area (Å²) in [5.41, 5.74) is 26.9. The maximum absolute atomic E-state index is 2.79. The number of hydrogen-bond acceptors (Lipinski definition) is 3. The molecule has 72 heavy (non-hydrogen) atoms. The molecule has 370 valence electrons. The lowest BCUT2D eigenvalue weighted by Gasteiger charge is -2.48. The number of nitrogens with zero attached hydrogens (tertiary/aromatic N) is 2. The molecule has 0 atom stereocenters. The van der Waals surface area contributed by atoms with Crippen molar-refractivity contribution in [2.45, 2.75) is 194 Å². The molecule has 2 nitrogen and oxygen atoms in total. The van der Waals surface area contributed by atoms with Gasteiger partial charge >= 0.3 is 0 Å². The molecular weight excluding hydrogens is 888 g/mol. The second-order valence-electron chi connectivity index (χ2n) is 28.3. The van der Waals surface area contributed by atoms with Gasteiger partial charge in [0.25, 0.3) is 6.71 Å². The Labute approximate surface area is 437 Å². The van der Waals surface area contributed by atoms with E-state index >= 15 is 0 Å². The number of aryl methyl sites for hydroxylation is 2. The summed E-state index contributed by atoms with van der Waals surface area (Å²) in [5.74, 6) is 0. The summed E-state index contributed by atoms with van der Waals surface area (Å²) in [4.78, 5) is 5.54. The highest BCUT2D eigenvalue weighted by Crippen LogP contribution is 2.57. The van der Waals surface area contributed by atoms with Crippen LogP contribution in [0.1, 0.15) is 192 Å². The Hall–Kier alpha value is -5.06. The van der Waals surface area contributed by atoms with Gasteiger partial charge in [-0.15, -0.1) is 11.3 Å². The minimum Gasteiger partial charge on any atom is -0.311 e. The van der Waals surface area contributed by atoms with Crippen LogP contribution < -0.4 is 25.5 Å². The Morgan fingerprint density at radius 2 is 0.986 bits per heavy atom. The van der Waals surface area contributed by atoms with Crippen molar-refractivity contribution < 1.29 is 0 Å². The van der Waals surface area contributed by atoms with Crippen LogP contribution >= 0.6 is 11.3 Å². The maximum Gasteiger partial charge on any atom is 0.264 e. The van der Waals surface area contributed by atoms with Crippen molar-refractivity contribution in [3.63, 3.8) is 0 Å². The third-order valence-corrected chi connectivity index (χ3v) is 20.6. The molecule has 0 N–H and O–H groups in total. The molecule has 3 heterocycles. The quantitative estimate of drug-likeness (QED) is 0.163. The minimum absolute atomic E-state index is 0.00839. The van der Waals surface area contributed by atoms with Gasteiger partial charge in [-0.1, -0.05) is 146 Å². The van der Waals surface area contributed by atoms with Crippen molar-refractivity contribution in [2.75, 3.05) is 9.80 Å². The second kappa shape index (κ2) is 15.3. The molecule has 0 fully saturated rings. The van der Waals surface area contributed by atoms with E-state index in [1.54, 1.807) is 0 Å². The fourth-order valence-corrected chi connectivity index (χ4v) is 15.6. The summed E-state index contributed by atoms with van der Waals surface area (Å²) in [7, 11) is 0. The zero-order valence-electron chi connectivity index (χ0n) is 46.9. The van der Waals surface area contributed by atoms with Gasteiger partial charge in [0.15, 0.2) is 0 Å². The van der Waals surface area contributed by atoms with E-state index in [2.05, 4.69) is 225 Å². The summed E-state index contributed by atoms with van der Waals surface area (Å²) >= 11 is 2.05. The molecule has 0 unspecified atom stereocenters. The zero-order chi connectivity index (χ0) is 51.2. The molecule has 12 rings (SSSR count). The van der Waals surface area contributed by atoms with Crippen LogP contribution in [-0.4, -0.2) is 6.71 Å². The van der Waals surface area contributed by atoms with Crippen LogP contribution in [0, 0.1) is 13.8 Å². The molecule has 0 spiro atoms. The van der Waals surface area contributed by atoms with E-state index in [9.17, 15) is 0 Å². The highest BCUT2D eigenvalue weighted by molar-refractivity contribution is 7.33. The summed E-state index contributed by atoms with van der Waals surface area (Å²) in [6.07, 6.45) is 7.08. The number of rotatable bonds is 3. The maximum atomic E-state index is 2.79. The summed E-state index contributed by atoms with van der Waals surface area (Å²) < 4.78 is 2.83. The fourth-order valence-electron chi connectivity index (χ4n) is 14.3. The second-order valence-corrected chi connectivity index (χ2v) is 29.4. The van der Waals surface area contributed by atoms with Gasteiger partial charge in [-0.3, -0.25) is 0 Å². The van der Waals surface area contributed by atoms with Crippen LogP contribution in [0.5, 0.6) is 0 Å². The van der Waals surface area contributed by atoms with Crippen LogP contribution in [0.4, 0.5) is 34.1 Å². The highest BCUT2D eigenvalue weighted by atomic mass is 32.1. The predicted octanol–water partition coefficient (Wildman–Crippen LogP) is 17.6. The van der Waals surface area contributed by atoms with E-state index < -0.39 is 0 Å². The van der Waals surface area contributed by atoms with Crippen molar-refractivity contribution in [3.05, 3.63) is 147 Å². The first-order valence-corrected chi connectivity index (χ1v) is 28.3.